The van der Waals surface area contributed by atoms with Crippen LogP contribution in [0.15, 0.2) is 24.3 Å². The van der Waals surface area contributed by atoms with Crippen molar-refractivity contribution in [2.75, 3.05) is 6.54 Å². The van der Waals surface area contributed by atoms with Crippen LogP contribution in [0.4, 0.5) is 17.6 Å². The zero-order valence-electron chi connectivity index (χ0n) is 9.30. The first-order valence-corrected chi connectivity index (χ1v) is 5.08. The van der Waals surface area contributed by atoms with Crippen LogP contribution in [0.1, 0.15) is 15.9 Å². The molecule has 0 radical (unpaired) electrons. The van der Waals surface area contributed by atoms with Crippen LogP contribution < -0.4 is 11.1 Å². The number of halogens is 4. The summed E-state index contributed by atoms with van der Waals surface area (Å²) in [6.45, 7) is -1.19. The highest BCUT2D eigenvalue weighted by molar-refractivity contribution is 5.92. The van der Waals surface area contributed by atoms with E-state index in [1.54, 1.807) is 6.07 Å². The molecule has 7 heteroatoms. The van der Waals surface area contributed by atoms with Gasteiger partial charge in [0.25, 0.3) is 0 Å². The largest absolute Gasteiger partial charge is 0.366 e. The van der Waals surface area contributed by atoms with Gasteiger partial charge in [0.1, 0.15) is 0 Å². The van der Waals surface area contributed by atoms with Gasteiger partial charge in [-0.1, -0.05) is 12.1 Å². The number of rotatable bonds is 6. The Morgan fingerprint density at radius 2 is 2.06 bits per heavy atom. The van der Waals surface area contributed by atoms with E-state index in [1.807, 2.05) is 0 Å². The van der Waals surface area contributed by atoms with E-state index in [-0.39, 0.29) is 12.1 Å². The average molecular weight is 264 g/mol. The number of alkyl halides is 4. The summed E-state index contributed by atoms with van der Waals surface area (Å²) in [5.41, 5.74) is 5.78. The van der Waals surface area contributed by atoms with E-state index in [1.165, 1.54) is 18.2 Å². The van der Waals surface area contributed by atoms with Crippen molar-refractivity contribution in [3.63, 3.8) is 0 Å². The minimum absolute atomic E-state index is 0.0522. The molecular formula is C11H12F4N2O. The van der Waals surface area contributed by atoms with Crippen LogP contribution in [0.2, 0.25) is 0 Å². The Balaban J connectivity index is 2.54. The van der Waals surface area contributed by atoms with E-state index in [4.69, 9.17) is 5.73 Å². The van der Waals surface area contributed by atoms with Crippen molar-refractivity contribution in [2.45, 2.75) is 18.9 Å². The molecule has 18 heavy (non-hydrogen) atoms. The number of primary amides is 1. The molecule has 0 heterocycles. The summed E-state index contributed by atoms with van der Waals surface area (Å²) in [7, 11) is 0. The van der Waals surface area contributed by atoms with Crippen LogP contribution >= 0.6 is 0 Å². The van der Waals surface area contributed by atoms with Gasteiger partial charge < -0.3 is 11.1 Å². The lowest BCUT2D eigenvalue weighted by Crippen LogP contribution is -2.38. The summed E-state index contributed by atoms with van der Waals surface area (Å²) in [6.07, 6.45) is -3.71. The number of carbonyl (C=O) groups excluding carboxylic acids is 1. The van der Waals surface area contributed by atoms with E-state index in [0.29, 0.717) is 5.56 Å². The number of nitrogens with two attached hydrogens (primary N) is 1. The van der Waals surface area contributed by atoms with Crippen LogP contribution in [0.5, 0.6) is 0 Å². The Kier molecular flexibility index (Phi) is 4.66. The number of hydrogen-bond donors (Lipinski definition) is 2. The molecule has 0 saturated heterocycles. The van der Waals surface area contributed by atoms with Crippen molar-refractivity contribution >= 4 is 5.91 Å². The van der Waals surface area contributed by atoms with Crippen molar-refractivity contribution < 1.29 is 22.4 Å². The van der Waals surface area contributed by atoms with Gasteiger partial charge >= 0.3 is 12.3 Å². The van der Waals surface area contributed by atoms with Crippen molar-refractivity contribution in [3.05, 3.63) is 35.4 Å². The standard InChI is InChI=1S/C11H12F4N2O/c12-10(13)11(14,15)6-17-5-7-2-1-3-8(4-7)9(16)18/h1-4,10,17H,5-6H2,(H2,16,18). The lowest BCUT2D eigenvalue weighted by molar-refractivity contribution is -0.125. The van der Waals surface area contributed by atoms with Crippen LogP contribution in [-0.2, 0) is 6.54 Å². The first-order chi connectivity index (χ1) is 8.33. The first-order valence-electron chi connectivity index (χ1n) is 5.08. The number of hydrogen-bond acceptors (Lipinski definition) is 2. The van der Waals surface area contributed by atoms with E-state index < -0.39 is 24.8 Å². The molecule has 100 valence electrons. The normalized spacial score (nSPS) is 11.8. The highest BCUT2D eigenvalue weighted by Gasteiger charge is 2.39. The average Bonchev–Trinajstić information content (AvgIpc) is 2.29. The molecule has 1 rings (SSSR count). The maximum Gasteiger partial charge on any atom is 0.319 e. The predicted octanol–water partition coefficient (Wildman–Crippen LogP) is 1.78. The molecule has 0 fully saturated rings. The van der Waals surface area contributed by atoms with E-state index >= 15 is 0 Å². The zero-order chi connectivity index (χ0) is 13.8. The lowest BCUT2D eigenvalue weighted by atomic mass is 10.1. The Hall–Kier alpha value is -1.63. The second-order valence-electron chi connectivity index (χ2n) is 3.73. The Labute approximate surface area is 101 Å². The minimum atomic E-state index is -4.07. The van der Waals surface area contributed by atoms with Gasteiger partial charge in [0.15, 0.2) is 0 Å². The van der Waals surface area contributed by atoms with Gasteiger partial charge in [-0.3, -0.25) is 4.79 Å². The number of nitrogens with one attached hydrogen (secondary N) is 1. The Morgan fingerprint density at radius 3 is 2.61 bits per heavy atom. The fourth-order valence-electron chi connectivity index (χ4n) is 1.29. The second-order valence-corrected chi connectivity index (χ2v) is 3.73. The van der Waals surface area contributed by atoms with Crippen LogP contribution in [0.3, 0.4) is 0 Å². The molecule has 1 aromatic rings. The minimum Gasteiger partial charge on any atom is -0.366 e. The highest BCUT2D eigenvalue weighted by atomic mass is 19.3. The van der Waals surface area contributed by atoms with Gasteiger partial charge in [-0.25, -0.2) is 8.78 Å². The molecular weight excluding hydrogens is 252 g/mol. The third-order valence-electron chi connectivity index (χ3n) is 2.22. The van der Waals surface area contributed by atoms with Gasteiger partial charge in [-0.2, -0.15) is 8.78 Å². The quantitative estimate of drug-likeness (QED) is 0.769. The van der Waals surface area contributed by atoms with Crippen LogP contribution in [-0.4, -0.2) is 24.8 Å². The summed E-state index contributed by atoms with van der Waals surface area (Å²) in [5, 5.41) is 2.21. The van der Waals surface area contributed by atoms with Crippen LogP contribution in [0.25, 0.3) is 0 Å². The molecule has 0 bridgehead atoms. The second kappa shape index (κ2) is 5.81. The smallest absolute Gasteiger partial charge is 0.319 e. The zero-order valence-corrected chi connectivity index (χ0v) is 9.30. The van der Waals surface area contributed by atoms with Gasteiger partial charge in [0.2, 0.25) is 5.91 Å². The Bertz CT molecular complexity index is 423. The highest BCUT2D eigenvalue weighted by Crippen LogP contribution is 2.21. The third kappa shape index (κ3) is 3.99. The number of benzene rings is 1. The summed E-state index contributed by atoms with van der Waals surface area (Å²) < 4.78 is 48.9. The molecule has 1 amide bonds. The van der Waals surface area contributed by atoms with E-state index in [9.17, 15) is 22.4 Å². The summed E-state index contributed by atoms with van der Waals surface area (Å²) in [5.74, 6) is -4.71. The predicted molar refractivity (Wildman–Crippen MR) is 57.6 cm³/mol. The maximum absolute atomic E-state index is 12.6. The molecule has 0 spiro atoms. The number of carbonyl (C=O) groups is 1. The fourth-order valence-corrected chi connectivity index (χ4v) is 1.29. The van der Waals surface area contributed by atoms with Crippen molar-refractivity contribution in [1.82, 2.24) is 5.32 Å². The van der Waals surface area contributed by atoms with Gasteiger partial charge in [0.05, 0.1) is 6.54 Å². The van der Waals surface area contributed by atoms with Gasteiger partial charge in [0, 0.05) is 12.1 Å². The first kappa shape index (κ1) is 14.4. The van der Waals surface area contributed by atoms with E-state index in [2.05, 4.69) is 5.32 Å². The SMILES string of the molecule is NC(=O)c1cccc(CNCC(F)(F)C(F)F)c1. The maximum atomic E-state index is 12.6. The lowest BCUT2D eigenvalue weighted by Gasteiger charge is -2.15. The van der Waals surface area contributed by atoms with E-state index in [0.717, 1.165) is 0 Å². The van der Waals surface area contributed by atoms with Crippen molar-refractivity contribution in [1.29, 1.82) is 0 Å². The monoisotopic (exact) mass is 264 g/mol. The summed E-state index contributed by atoms with van der Waals surface area (Å²) in [4.78, 5) is 10.9. The molecule has 0 aromatic heterocycles. The molecule has 0 aliphatic rings. The molecule has 0 unspecified atom stereocenters. The molecule has 0 saturated carbocycles. The number of amides is 1. The summed E-state index contributed by atoms with van der Waals surface area (Å²) >= 11 is 0. The van der Waals surface area contributed by atoms with Crippen LogP contribution in [0, 0.1) is 0 Å². The molecule has 1 aromatic carbocycles. The molecule has 3 N–H and O–H groups in total. The molecule has 0 aliphatic carbocycles. The molecule has 0 aliphatic heterocycles. The molecule has 3 nitrogen and oxygen atoms in total. The third-order valence-corrected chi connectivity index (χ3v) is 2.22. The molecule has 0 atom stereocenters. The Morgan fingerprint density at radius 1 is 1.39 bits per heavy atom. The topological polar surface area (TPSA) is 55.1 Å². The van der Waals surface area contributed by atoms with Crippen molar-refractivity contribution in [3.8, 4) is 0 Å². The van der Waals surface area contributed by atoms with Gasteiger partial charge in [-0.15, -0.1) is 0 Å². The van der Waals surface area contributed by atoms with Crippen molar-refractivity contribution in [2.24, 2.45) is 5.73 Å². The van der Waals surface area contributed by atoms with Gasteiger partial charge in [-0.05, 0) is 17.7 Å². The fraction of sp³-hybridized carbons (Fsp3) is 0.364. The summed E-state index contributed by atoms with van der Waals surface area (Å²) in [6, 6.07) is 5.98.